The molecule has 8 heteroatoms. The van der Waals surface area contributed by atoms with Crippen molar-refractivity contribution >= 4 is 29.9 Å². The zero-order chi connectivity index (χ0) is 20.6. The Morgan fingerprint density at radius 1 is 1.13 bits per heavy atom. The number of furan rings is 1. The second kappa shape index (κ2) is 11.9. The summed E-state index contributed by atoms with van der Waals surface area (Å²) in [7, 11) is 1.81. The van der Waals surface area contributed by atoms with Crippen LogP contribution < -0.4 is 10.6 Å². The molecule has 0 radical (unpaired) electrons. The Bertz CT molecular complexity index is 919. The number of hydrogen-bond acceptors (Lipinski definition) is 4. The number of guanidine groups is 1. The SMILES string of the molecule is CN=C(NCc1ccccc1-n1ccnc1)NCC(c1ccco1)N1CCCCC1.I. The number of para-hydroxylation sites is 1. The summed E-state index contributed by atoms with van der Waals surface area (Å²) in [4.78, 5) is 11.1. The molecule has 166 valence electrons. The van der Waals surface area contributed by atoms with E-state index in [9.17, 15) is 0 Å². The van der Waals surface area contributed by atoms with Gasteiger partial charge in [-0.05, 0) is 49.7 Å². The molecular weight excluding hydrogens is 503 g/mol. The largest absolute Gasteiger partial charge is 0.468 e. The molecule has 3 aromatic rings. The second-order valence-corrected chi connectivity index (χ2v) is 7.53. The van der Waals surface area contributed by atoms with Gasteiger partial charge in [-0.3, -0.25) is 9.89 Å². The molecule has 1 atom stereocenters. The number of nitrogens with zero attached hydrogens (tertiary/aromatic N) is 4. The van der Waals surface area contributed by atoms with Gasteiger partial charge in [0.2, 0.25) is 0 Å². The van der Waals surface area contributed by atoms with E-state index in [1.54, 1.807) is 19.5 Å². The zero-order valence-corrected chi connectivity index (χ0v) is 20.2. The van der Waals surface area contributed by atoms with Gasteiger partial charge in [-0.15, -0.1) is 24.0 Å². The van der Waals surface area contributed by atoms with Crippen LogP contribution in [-0.4, -0.2) is 47.1 Å². The molecule has 1 fully saturated rings. The number of imidazole rings is 1. The molecule has 1 aliphatic heterocycles. The summed E-state index contributed by atoms with van der Waals surface area (Å²) in [6.45, 7) is 3.63. The molecule has 4 rings (SSSR count). The lowest BCUT2D eigenvalue weighted by Gasteiger charge is -2.33. The predicted molar refractivity (Wildman–Crippen MR) is 134 cm³/mol. The molecule has 0 spiro atoms. The first-order valence-electron chi connectivity index (χ1n) is 10.6. The van der Waals surface area contributed by atoms with Crippen molar-refractivity contribution in [2.75, 3.05) is 26.7 Å². The van der Waals surface area contributed by atoms with Gasteiger partial charge in [-0.2, -0.15) is 0 Å². The molecule has 1 saturated heterocycles. The molecule has 3 heterocycles. The van der Waals surface area contributed by atoms with Crippen LogP contribution in [0.4, 0.5) is 0 Å². The molecule has 0 bridgehead atoms. The van der Waals surface area contributed by atoms with Crippen LogP contribution in [0.1, 0.15) is 36.6 Å². The molecule has 2 N–H and O–H groups in total. The molecule has 0 saturated carbocycles. The highest BCUT2D eigenvalue weighted by Gasteiger charge is 2.24. The maximum Gasteiger partial charge on any atom is 0.191 e. The topological polar surface area (TPSA) is 70.6 Å². The third kappa shape index (κ3) is 6.10. The second-order valence-electron chi connectivity index (χ2n) is 7.53. The zero-order valence-electron chi connectivity index (χ0n) is 17.9. The van der Waals surface area contributed by atoms with Crippen molar-refractivity contribution < 1.29 is 4.42 Å². The van der Waals surface area contributed by atoms with E-state index in [0.29, 0.717) is 6.54 Å². The van der Waals surface area contributed by atoms with E-state index < -0.39 is 0 Å². The van der Waals surface area contributed by atoms with Crippen molar-refractivity contribution in [3.8, 4) is 5.69 Å². The smallest absolute Gasteiger partial charge is 0.191 e. The summed E-state index contributed by atoms with van der Waals surface area (Å²) in [5, 5.41) is 6.95. The highest BCUT2D eigenvalue weighted by atomic mass is 127. The predicted octanol–water partition coefficient (Wildman–Crippen LogP) is 3.98. The standard InChI is InChI=1S/C23H30N6O.HI/c1-24-23(26-16-19-8-3-4-9-20(19)29-14-11-25-18-29)27-17-21(22-10-7-15-30-22)28-12-5-2-6-13-28;/h3-4,7-11,14-15,18,21H,2,5-6,12-13,16-17H2,1H3,(H2,24,26,27);1H. The molecule has 31 heavy (non-hydrogen) atoms. The summed E-state index contributed by atoms with van der Waals surface area (Å²) in [6.07, 6.45) is 11.1. The Balaban J connectivity index is 0.00000272. The average molecular weight is 534 g/mol. The fourth-order valence-electron chi connectivity index (χ4n) is 4.03. The highest BCUT2D eigenvalue weighted by molar-refractivity contribution is 14.0. The van der Waals surface area contributed by atoms with Crippen LogP contribution in [0.25, 0.3) is 5.69 Å². The van der Waals surface area contributed by atoms with E-state index in [4.69, 9.17) is 4.42 Å². The van der Waals surface area contributed by atoms with Gasteiger partial charge in [0, 0.05) is 32.5 Å². The Kier molecular flexibility index (Phi) is 8.96. The van der Waals surface area contributed by atoms with Gasteiger partial charge in [0.15, 0.2) is 5.96 Å². The van der Waals surface area contributed by atoms with E-state index in [-0.39, 0.29) is 30.0 Å². The van der Waals surface area contributed by atoms with Crippen molar-refractivity contribution in [3.63, 3.8) is 0 Å². The molecule has 0 aliphatic carbocycles. The first-order valence-corrected chi connectivity index (χ1v) is 10.6. The molecule has 7 nitrogen and oxygen atoms in total. The Morgan fingerprint density at radius 3 is 2.68 bits per heavy atom. The minimum atomic E-state index is 0. The number of halogens is 1. The fourth-order valence-corrected chi connectivity index (χ4v) is 4.03. The molecule has 1 unspecified atom stereocenters. The average Bonchev–Trinajstić information content (AvgIpc) is 3.52. The summed E-state index contributed by atoms with van der Waals surface area (Å²) >= 11 is 0. The molecule has 1 aliphatic rings. The number of rotatable bonds is 7. The molecule has 1 aromatic carbocycles. The van der Waals surface area contributed by atoms with Gasteiger partial charge >= 0.3 is 0 Å². The molecule has 0 amide bonds. The van der Waals surface area contributed by atoms with Crippen molar-refractivity contribution in [2.45, 2.75) is 31.8 Å². The van der Waals surface area contributed by atoms with E-state index >= 15 is 0 Å². The number of likely N-dealkylation sites (tertiary alicyclic amines) is 1. The van der Waals surface area contributed by atoms with Crippen LogP contribution in [0.2, 0.25) is 0 Å². The van der Waals surface area contributed by atoms with Gasteiger partial charge in [0.05, 0.1) is 24.3 Å². The third-order valence-electron chi connectivity index (χ3n) is 5.61. The van der Waals surface area contributed by atoms with Crippen molar-refractivity contribution in [1.82, 2.24) is 25.1 Å². The summed E-state index contributed by atoms with van der Waals surface area (Å²) in [6, 6.07) is 12.5. The number of piperidine rings is 1. The van der Waals surface area contributed by atoms with E-state index in [1.807, 2.05) is 29.2 Å². The fraction of sp³-hybridized carbons (Fsp3) is 0.391. The van der Waals surface area contributed by atoms with Gasteiger partial charge < -0.3 is 19.6 Å². The number of aromatic nitrogens is 2. The van der Waals surface area contributed by atoms with Gasteiger partial charge in [0.25, 0.3) is 0 Å². The minimum absolute atomic E-state index is 0. The van der Waals surface area contributed by atoms with Gasteiger partial charge in [-0.25, -0.2) is 4.98 Å². The van der Waals surface area contributed by atoms with Crippen molar-refractivity contribution in [3.05, 3.63) is 72.7 Å². The normalized spacial score (nSPS) is 15.8. The van der Waals surface area contributed by atoms with Crippen LogP contribution in [0.15, 0.2) is 70.8 Å². The van der Waals surface area contributed by atoms with Crippen molar-refractivity contribution in [1.29, 1.82) is 0 Å². The lowest BCUT2D eigenvalue weighted by molar-refractivity contribution is 0.146. The van der Waals surface area contributed by atoms with Crippen molar-refractivity contribution in [2.24, 2.45) is 4.99 Å². The van der Waals surface area contributed by atoms with E-state index in [2.05, 4.69) is 49.8 Å². The van der Waals surface area contributed by atoms with E-state index in [0.717, 1.165) is 37.0 Å². The molecule has 2 aromatic heterocycles. The first kappa shape index (κ1) is 23.3. The van der Waals surface area contributed by atoms with Gasteiger partial charge in [-0.1, -0.05) is 24.6 Å². The maximum atomic E-state index is 5.75. The highest BCUT2D eigenvalue weighted by Crippen LogP contribution is 2.24. The third-order valence-corrected chi connectivity index (χ3v) is 5.61. The Labute approximate surface area is 201 Å². The van der Waals surface area contributed by atoms with Crippen LogP contribution in [0.5, 0.6) is 0 Å². The summed E-state index contributed by atoms with van der Waals surface area (Å²) < 4.78 is 7.77. The van der Waals surface area contributed by atoms with Crippen LogP contribution >= 0.6 is 24.0 Å². The number of aliphatic imine (C=N–C) groups is 1. The molecular formula is C23H31IN6O. The van der Waals surface area contributed by atoms with E-state index in [1.165, 1.54) is 24.8 Å². The van der Waals surface area contributed by atoms with Crippen LogP contribution in [0.3, 0.4) is 0 Å². The summed E-state index contributed by atoms with van der Waals surface area (Å²) in [5.41, 5.74) is 2.29. The Hall–Kier alpha value is -2.33. The van der Waals surface area contributed by atoms with Gasteiger partial charge in [0.1, 0.15) is 5.76 Å². The van der Waals surface area contributed by atoms with Crippen LogP contribution in [0, 0.1) is 0 Å². The summed E-state index contributed by atoms with van der Waals surface area (Å²) in [5.74, 6) is 1.79. The lowest BCUT2D eigenvalue weighted by Crippen LogP contribution is -2.44. The Morgan fingerprint density at radius 2 is 1.97 bits per heavy atom. The number of nitrogens with one attached hydrogen (secondary N) is 2. The lowest BCUT2D eigenvalue weighted by atomic mass is 10.1. The first-order chi connectivity index (χ1) is 14.8. The minimum Gasteiger partial charge on any atom is -0.468 e. The number of benzene rings is 1. The monoisotopic (exact) mass is 534 g/mol. The number of hydrogen-bond donors (Lipinski definition) is 2. The van der Waals surface area contributed by atoms with Crippen LogP contribution in [-0.2, 0) is 6.54 Å². The quantitative estimate of drug-likeness (QED) is 0.273. The maximum absolute atomic E-state index is 5.75.